The van der Waals surface area contributed by atoms with Crippen molar-refractivity contribution in [2.75, 3.05) is 11.9 Å². The van der Waals surface area contributed by atoms with Gasteiger partial charge in [-0.25, -0.2) is 0 Å². The van der Waals surface area contributed by atoms with Crippen LogP contribution in [0.4, 0.5) is 5.69 Å². The minimum atomic E-state index is -0.214. The third-order valence-corrected chi connectivity index (χ3v) is 5.27. The van der Waals surface area contributed by atoms with E-state index in [1.165, 1.54) is 36.2 Å². The minimum Gasteiger partial charge on any atom is -0.356 e. The Labute approximate surface area is 170 Å². The molecule has 6 heteroatoms. The van der Waals surface area contributed by atoms with E-state index >= 15 is 0 Å². The Kier molecular flexibility index (Phi) is 9.42. The van der Waals surface area contributed by atoms with Crippen LogP contribution in [-0.2, 0) is 16.0 Å². The van der Waals surface area contributed by atoms with Gasteiger partial charge in [0, 0.05) is 31.5 Å². The highest BCUT2D eigenvalue weighted by molar-refractivity contribution is 7.12. The molecule has 0 saturated heterocycles. The quantitative estimate of drug-likeness (QED) is 0.404. The van der Waals surface area contributed by atoms with Gasteiger partial charge in [-0.05, 0) is 42.0 Å². The Balaban J connectivity index is 1.61. The summed E-state index contributed by atoms with van der Waals surface area (Å²) in [7, 11) is 0. The number of hydrogen-bond acceptors (Lipinski definition) is 4. The second kappa shape index (κ2) is 12.1. The smallest absolute Gasteiger partial charge is 0.226 e. The third-order valence-electron chi connectivity index (χ3n) is 4.36. The Morgan fingerprint density at radius 1 is 0.929 bits per heavy atom. The maximum Gasteiger partial charge on any atom is 0.226 e. The van der Waals surface area contributed by atoms with Crippen molar-refractivity contribution in [2.24, 2.45) is 0 Å². The van der Waals surface area contributed by atoms with Gasteiger partial charge in [-0.2, -0.15) is 0 Å². The molecule has 0 fully saturated rings. The maximum absolute atomic E-state index is 12.0. The summed E-state index contributed by atoms with van der Waals surface area (Å²) < 4.78 is 0. The average Bonchev–Trinajstić information content (AvgIpc) is 3.22. The predicted octanol–water partition coefficient (Wildman–Crippen LogP) is 4.59. The molecule has 150 valence electrons. The normalized spacial score (nSPS) is 10.5. The summed E-state index contributed by atoms with van der Waals surface area (Å²) in [6.07, 6.45) is 5.19. The Morgan fingerprint density at radius 3 is 2.39 bits per heavy atom. The van der Waals surface area contributed by atoms with Gasteiger partial charge in [-0.15, -0.1) is 11.3 Å². The van der Waals surface area contributed by atoms with Crippen molar-refractivity contribution in [3.63, 3.8) is 0 Å². The Bertz CT molecular complexity index is 755. The lowest BCUT2D eigenvalue weighted by Crippen LogP contribution is -2.27. The van der Waals surface area contributed by atoms with Crippen LogP contribution in [0.5, 0.6) is 0 Å². The lowest BCUT2D eigenvalue weighted by Gasteiger charge is -2.08. The molecule has 0 saturated carbocycles. The number of carbonyl (C=O) groups excluding carboxylic acids is 3. The van der Waals surface area contributed by atoms with Gasteiger partial charge in [0.05, 0.1) is 4.88 Å². The number of carbonyl (C=O) groups is 3. The van der Waals surface area contributed by atoms with E-state index in [1.807, 2.05) is 35.7 Å². The average molecular weight is 401 g/mol. The molecule has 2 N–H and O–H groups in total. The molecule has 28 heavy (non-hydrogen) atoms. The number of anilines is 1. The topological polar surface area (TPSA) is 75.3 Å². The highest BCUT2D eigenvalue weighted by Crippen LogP contribution is 2.13. The number of Topliss-reactive ketones (excluding diaryl/α,β-unsaturated/α-hetero) is 1. The zero-order valence-electron chi connectivity index (χ0n) is 16.3. The molecule has 2 aromatic rings. The zero-order valence-corrected chi connectivity index (χ0v) is 17.1. The van der Waals surface area contributed by atoms with Crippen LogP contribution in [0.2, 0.25) is 0 Å². The van der Waals surface area contributed by atoms with Crippen molar-refractivity contribution >= 4 is 34.6 Å². The number of aryl methyl sites for hydroxylation is 1. The standard InChI is InChI=1S/C22H28N2O3S/c1-2-3-4-6-17-8-10-18(11-9-17)24-22(27)14-15-23-21(26)13-12-19(25)20-7-5-16-28-20/h5,7-11,16H,2-4,6,12-15H2,1H3,(H,23,26)(H,24,27). The zero-order chi connectivity index (χ0) is 20.2. The van der Waals surface area contributed by atoms with Gasteiger partial charge in [0.2, 0.25) is 11.8 Å². The minimum absolute atomic E-state index is 0.0268. The molecule has 0 aliphatic carbocycles. The number of nitrogens with one attached hydrogen (secondary N) is 2. The Hall–Kier alpha value is -2.47. The second-order valence-corrected chi connectivity index (χ2v) is 7.65. The first-order valence-corrected chi connectivity index (χ1v) is 10.7. The molecule has 0 bridgehead atoms. The molecule has 1 aromatic carbocycles. The van der Waals surface area contributed by atoms with E-state index < -0.39 is 0 Å². The van der Waals surface area contributed by atoms with Gasteiger partial charge >= 0.3 is 0 Å². The van der Waals surface area contributed by atoms with Gasteiger partial charge in [0.15, 0.2) is 5.78 Å². The number of benzene rings is 1. The highest BCUT2D eigenvalue weighted by atomic mass is 32.1. The Morgan fingerprint density at radius 2 is 1.71 bits per heavy atom. The SMILES string of the molecule is CCCCCc1ccc(NC(=O)CCNC(=O)CCC(=O)c2cccs2)cc1. The van der Waals surface area contributed by atoms with Gasteiger partial charge in [-0.1, -0.05) is 38.0 Å². The summed E-state index contributed by atoms with van der Waals surface area (Å²) in [6.45, 7) is 2.44. The summed E-state index contributed by atoms with van der Waals surface area (Å²) >= 11 is 1.38. The van der Waals surface area contributed by atoms with Crippen LogP contribution in [0, 0.1) is 0 Å². The first-order valence-electron chi connectivity index (χ1n) is 9.80. The predicted molar refractivity (Wildman–Crippen MR) is 114 cm³/mol. The molecular formula is C22H28N2O3S. The molecule has 2 amide bonds. The van der Waals surface area contributed by atoms with E-state index in [9.17, 15) is 14.4 Å². The molecule has 0 unspecified atom stereocenters. The van der Waals surface area contributed by atoms with Crippen molar-refractivity contribution in [2.45, 2.75) is 51.9 Å². The summed E-state index contributed by atoms with van der Waals surface area (Å²) in [5, 5.41) is 7.36. The van der Waals surface area contributed by atoms with Crippen molar-refractivity contribution in [1.29, 1.82) is 0 Å². The van der Waals surface area contributed by atoms with Gasteiger partial charge in [-0.3, -0.25) is 14.4 Å². The fourth-order valence-electron chi connectivity index (χ4n) is 2.75. The van der Waals surface area contributed by atoms with E-state index in [-0.39, 0.29) is 43.4 Å². The van der Waals surface area contributed by atoms with Crippen molar-refractivity contribution in [3.8, 4) is 0 Å². The van der Waals surface area contributed by atoms with Gasteiger partial charge in [0.1, 0.15) is 0 Å². The summed E-state index contributed by atoms with van der Waals surface area (Å²) in [4.78, 5) is 36.3. The number of unbranched alkanes of at least 4 members (excludes halogenated alkanes) is 2. The van der Waals surface area contributed by atoms with Crippen LogP contribution in [0.3, 0.4) is 0 Å². The number of rotatable bonds is 12. The van der Waals surface area contributed by atoms with E-state index in [1.54, 1.807) is 6.07 Å². The highest BCUT2D eigenvalue weighted by Gasteiger charge is 2.10. The lowest BCUT2D eigenvalue weighted by atomic mass is 10.1. The first-order chi connectivity index (χ1) is 13.6. The fourth-order valence-corrected chi connectivity index (χ4v) is 3.44. The molecule has 1 aromatic heterocycles. The summed E-state index contributed by atoms with van der Waals surface area (Å²) in [6, 6.07) is 11.5. The molecule has 0 aliphatic heterocycles. The molecule has 5 nitrogen and oxygen atoms in total. The molecule has 2 rings (SSSR count). The lowest BCUT2D eigenvalue weighted by molar-refractivity contribution is -0.121. The molecule has 0 aliphatic rings. The van der Waals surface area contributed by atoms with Crippen LogP contribution in [0.25, 0.3) is 0 Å². The van der Waals surface area contributed by atoms with Crippen molar-refractivity contribution in [3.05, 3.63) is 52.2 Å². The molecule has 0 radical (unpaired) electrons. The van der Waals surface area contributed by atoms with Gasteiger partial charge < -0.3 is 10.6 Å². The maximum atomic E-state index is 12.0. The largest absolute Gasteiger partial charge is 0.356 e. The van der Waals surface area contributed by atoms with Crippen LogP contribution >= 0.6 is 11.3 Å². The molecule has 0 spiro atoms. The second-order valence-electron chi connectivity index (χ2n) is 6.70. The van der Waals surface area contributed by atoms with E-state index in [0.29, 0.717) is 4.88 Å². The van der Waals surface area contributed by atoms with Crippen LogP contribution in [-0.4, -0.2) is 24.1 Å². The number of hydrogen-bond donors (Lipinski definition) is 2. The molecular weight excluding hydrogens is 372 g/mol. The number of amides is 2. The summed E-state index contributed by atoms with van der Waals surface area (Å²) in [5.74, 6) is -0.385. The molecule has 0 atom stereocenters. The van der Waals surface area contributed by atoms with Crippen molar-refractivity contribution < 1.29 is 14.4 Å². The van der Waals surface area contributed by atoms with E-state index in [2.05, 4.69) is 17.6 Å². The first kappa shape index (κ1) is 21.8. The number of ketones is 1. The summed E-state index contributed by atoms with van der Waals surface area (Å²) in [5.41, 5.74) is 2.04. The number of thiophene rings is 1. The van der Waals surface area contributed by atoms with E-state index in [4.69, 9.17) is 0 Å². The van der Waals surface area contributed by atoms with Crippen LogP contribution < -0.4 is 10.6 Å². The van der Waals surface area contributed by atoms with Crippen molar-refractivity contribution in [1.82, 2.24) is 5.32 Å². The van der Waals surface area contributed by atoms with Crippen LogP contribution in [0.15, 0.2) is 41.8 Å². The van der Waals surface area contributed by atoms with Gasteiger partial charge in [0.25, 0.3) is 0 Å². The van der Waals surface area contributed by atoms with E-state index in [0.717, 1.165) is 12.1 Å². The molecule has 1 heterocycles. The van der Waals surface area contributed by atoms with Crippen LogP contribution in [0.1, 0.15) is 60.7 Å². The fraction of sp³-hybridized carbons (Fsp3) is 0.409. The monoisotopic (exact) mass is 400 g/mol. The third kappa shape index (κ3) is 8.05.